The fourth-order valence-corrected chi connectivity index (χ4v) is 1.08. The van der Waals surface area contributed by atoms with Crippen LogP contribution in [-0.4, -0.2) is 36.8 Å². The number of aliphatic hydroxyl groups is 1. The van der Waals surface area contributed by atoms with E-state index in [9.17, 15) is 4.79 Å². The molecule has 0 heterocycles. The molecule has 4 heteroatoms. The maximum Gasteiger partial charge on any atom is 0.234 e. The molecule has 1 aliphatic carbocycles. The van der Waals surface area contributed by atoms with Crippen molar-refractivity contribution in [3.05, 3.63) is 0 Å². The molecular weight excluding hydrogens is 168 g/mol. The number of carbonyl (C=O) groups is 1. The number of aliphatic hydroxyl groups excluding tert-OH is 1. The van der Waals surface area contributed by atoms with E-state index in [0.717, 1.165) is 12.5 Å². The van der Waals surface area contributed by atoms with E-state index in [1.807, 2.05) is 0 Å². The molecule has 3 N–H and O–H groups in total. The minimum atomic E-state index is -0.143. The summed E-state index contributed by atoms with van der Waals surface area (Å²) >= 11 is 0. The maximum atomic E-state index is 11.1. The fraction of sp³-hybridized carbons (Fsp3) is 0.889. The Balaban J connectivity index is 1.96. The second-order valence-corrected chi connectivity index (χ2v) is 3.73. The number of nitrogens with one attached hydrogen (secondary N) is 2. The molecule has 0 bridgehead atoms. The highest BCUT2D eigenvalue weighted by molar-refractivity contribution is 5.78. The molecule has 0 unspecified atom stereocenters. The van der Waals surface area contributed by atoms with Crippen molar-refractivity contribution in [2.24, 2.45) is 5.92 Å². The minimum absolute atomic E-state index is 0.00559. The highest BCUT2D eigenvalue weighted by atomic mass is 16.3. The average Bonchev–Trinajstić information content (AvgIpc) is 2.88. The molecule has 76 valence electrons. The van der Waals surface area contributed by atoms with Crippen LogP contribution in [0, 0.1) is 5.92 Å². The van der Waals surface area contributed by atoms with Crippen LogP contribution in [-0.2, 0) is 4.79 Å². The maximum absolute atomic E-state index is 11.1. The monoisotopic (exact) mass is 186 g/mol. The molecule has 1 rings (SSSR count). The lowest BCUT2D eigenvalue weighted by molar-refractivity contribution is -0.121. The summed E-state index contributed by atoms with van der Waals surface area (Å²) in [5.41, 5.74) is 0. The summed E-state index contributed by atoms with van der Waals surface area (Å²) in [4.78, 5) is 11.1. The lowest BCUT2D eigenvalue weighted by atomic mass is 10.3. The summed E-state index contributed by atoms with van der Waals surface area (Å²) in [6.07, 6.45) is 2.59. The van der Waals surface area contributed by atoms with Gasteiger partial charge < -0.3 is 15.7 Å². The van der Waals surface area contributed by atoms with Gasteiger partial charge in [0, 0.05) is 6.04 Å². The Hall–Kier alpha value is -0.610. The van der Waals surface area contributed by atoms with Gasteiger partial charge in [-0.3, -0.25) is 4.79 Å². The van der Waals surface area contributed by atoms with Crippen molar-refractivity contribution in [1.82, 2.24) is 10.6 Å². The van der Waals surface area contributed by atoms with Gasteiger partial charge in [0.25, 0.3) is 0 Å². The molecule has 0 radical (unpaired) electrons. The Morgan fingerprint density at radius 2 is 2.31 bits per heavy atom. The third-order valence-electron chi connectivity index (χ3n) is 2.10. The topological polar surface area (TPSA) is 61.4 Å². The van der Waals surface area contributed by atoms with Gasteiger partial charge in [0.15, 0.2) is 0 Å². The van der Waals surface area contributed by atoms with E-state index in [2.05, 4.69) is 10.6 Å². The van der Waals surface area contributed by atoms with Gasteiger partial charge >= 0.3 is 0 Å². The van der Waals surface area contributed by atoms with E-state index in [0.29, 0.717) is 6.54 Å². The van der Waals surface area contributed by atoms with E-state index < -0.39 is 0 Å². The van der Waals surface area contributed by atoms with E-state index in [1.54, 1.807) is 6.92 Å². The van der Waals surface area contributed by atoms with Crippen molar-refractivity contribution >= 4 is 5.91 Å². The molecule has 1 saturated carbocycles. The van der Waals surface area contributed by atoms with Crippen LogP contribution in [0.4, 0.5) is 0 Å². The molecule has 0 aliphatic heterocycles. The van der Waals surface area contributed by atoms with E-state index in [-0.39, 0.29) is 18.6 Å². The van der Waals surface area contributed by atoms with E-state index >= 15 is 0 Å². The van der Waals surface area contributed by atoms with Gasteiger partial charge in [0.2, 0.25) is 5.91 Å². The highest BCUT2D eigenvalue weighted by Crippen LogP contribution is 2.27. The quantitative estimate of drug-likeness (QED) is 0.523. The van der Waals surface area contributed by atoms with Crippen molar-refractivity contribution in [3.63, 3.8) is 0 Å². The van der Waals surface area contributed by atoms with Gasteiger partial charge in [-0.15, -0.1) is 0 Å². The molecule has 0 aromatic heterocycles. The Kier molecular flexibility index (Phi) is 4.18. The van der Waals surface area contributed by atoms with Crippen LogP contribution in [0.15, 0.2) is 0 Å². The summed E-state index contributed by atoms with van der Waals surface area (Å²) in [6.45, 7) is 3.08. The minimum Gasteiger partial charge on any atom is -0.394 e. The Labute approximate surface area is 78.7 Å². The molecular formula is C9H18N2O2. The first-order valence-corrected chi connectivity index (χ1v) is 4.83. The second-order valence-electron chi connectivity index (χ2n) is 3.73. The summed E-state index contributed by atoms with van der Waals surface area (Å²) in [6, 6.07) is -0.143. The van der Waals surface area contributed by atoms with E-state index in [4.69, 9.17) is 5.11 Å². The molecule has 1 aliphatic rings. The number of hydrogen-bond acceptors (Lipinski definition) is 3. The highest BCUT2D eigenvalue weighted by Gasteiger charge is 2.20. The molecule has 0 saturated heterocycles. The van der Waals surface area contributed by atoms with Crippen molar-refractivity contribution < 1.29 is 9.90 Å². The van der Waals surface area contributed by atoms with Gasteiger partial charge in [-0.1, -0.05) is 0 Å². The van der Waals surface area contributed by atoms with Crippen LogP contribution >= 0.6 is 0 Å². The lowest BCUT2D eigenvalue weighted by Crippen LogP contribution is -2.41. The Morgan fingerprint density at radius 3 is 2.85 bits per heavy atom. The van der Waals surface area contributed by atoms with Crippen molar-refractivity contribution in [2.75, 3.05) is 19.7 Å². The van der Waals surface area contributed by atoms with Crippen molar-refractivity contribution in [1.29, 1.82) is 0 Å². The number of hydrogen-bond donors (Lipinski definition) is 3. The molecule has 4 nitrogen and oxygen atoms in total. The number of carbonyl (C=O) groups excluding carboxylic acids is 1. The summed E-state index contributed by atoms with van der Waals surface area (Å²) in [5, 5.41) is 14.4. The standard InChI is InChI=1S/C9H18N2O2/c1-7(6-12)11-9(13)5-10-4-8-2-3-8/h7-8,10,12H,2-6H2,1H3,(H,11,13)/t7-/m1/s1. The van der Waals surface area contributed by atoms with Crippen LogP contribution in [0.25, 0.3) is 0 Å². The molecule has 1 atom stereocenters. The van der Waals surface area contributed by atoms with Gasteiger partial charge in [0.05, 0.1) is 13.2 Å². The zero-order chi connectivity index (χ0) is 9.68. The number of rotatable bonds is 6. The third-order valence-corrected chi connectivity index (χ3v) is 2.10. The molecule has 13 heavy (non-hydrogen) atoms. The fourth-order valence-electron chi connectivity index (χ4n) is 1.08. The van der Waals surface area contributed by atoms with Crippen LogP contribution in [0.2, 0.25) is 0 Å². The molecule has 1 fully saturated rings. The first-order chi connectivity index (χ1) is 6.22. The van der Waals surface area contributed by atoms with Crippen LogP contribution in [0.5, 0.6) is 0 Å². The van der Waals surface area contributed by atoms with Gasteiger partial charge in [-0.05, 0) is 32.2 Å². The van der Waals surface area contributed by atoms with Gasteiger partial charge in [0.1, 0.15) is 0 Å². The first-order valence-electron chi connectivity index (χ1n) is 4.83. The SMILES string of the molecule is C[C@H](CO)NC(=O)CNCC1CC1. The zero-order valence-corrected chi connectivity index (χ0v) is 8.05. The predicted molar refractivity (Wildman–Crippen MR) is 50.3 cm³/mol. The van der Waals surface area contributed by atoms with Crippen LogP contribution < -0.4 is 10.6 Å². The van der Waals surface area contributed by atoms with Crippen molar-refractivity contribution in [2.45, 2.75) is 25.8 Å². The summed E-state index contributed by atoms with van der Waals surface area (Å²) < 4.78 is 0. The zero-order valence-electron chi connectivity index (χ0n) is 8.05. The van der Waals surface area contributed by atoms with Crippen molar-refractivity contribution in [3.8, 4) is 0 Å². The predicted octanol–water partition coefficient (Wildman–Crippen LogP) is -0.517. The second kappa shape index (κ2) is 5.19. The lowest BCUT2D eigenvalue weighted by Gasteiger charge is -2.10. The van der Waals surface area contributed by atoms with Gasteiger partial charge in [-0.2, -0.15) is 0 Å². The molecule has 0 aromatic rings. The van der Waals surface area contributed by atoms with Gasteiger partial charge in [-0.25, -0.2) is 0 Å². The molecule has 0 spiro atoms. The van der Waals surface area contributed by atoms with Crippen LogP contribution in [0.1, 0.15) is 19.8 Å². The first kappa shape index (κ1) is 10.5. The summed E-state index contributed by atoms with van der Waals surface area (Å²) in [7, 11) is 0. The molecule has 1 amide bonds. The molecule has 0 aromatic carbocycles. The smallest absolute Gasteiger partial charge is 0.234 e. The normalized spacial score (nSPS) is 18.3. The third kappa shape index (κ3) is 4.85. The largest absolute Gasteiger partial charge is 0.394 e. The van der Waals surface area contributed by atoms with E-state index in [1.165, 1.54) is 12.8 Å². The summed E-state index contributed by atoms with van der Waals surface area (Å²) in [5.74, 6) is 0.755. The average molecular weight is 186 g/mol. The van der Waals surface area contributed by atoms with Crippen LogP contribution in [0.3, 0.4) is 0 Å². The Morgan fingerprint density at radius 1 is 1.62 bits per heavy atom. The Bertz CT molecular complexity index is 169. The number of amides is 1.